The summed E-state index contributed by atoms with van der Waals surface area (Å²) in [5.41, 5.74) is 3.63. The highest BCUT2D eigenvalue weighted by molar-refractivity contribution is 5.66. The van der Waals surface area contributed by atoms with E-state index in [0.29, 0.717) is 6.04 Å². The molecule has 1 N–H and O–H groups in total. The number of methoxy groups -OCH3 is 1. The van der Waals surface area contributed by atoms with Gasteiger partial charge < -0.3 is 15.0 Å². The molecular formula is C17H22N2O. The average Bonchev–Trinajstić information content (AvgIpc) is 2.53. The summed E-state index contributed by atoms with van der Waals surface area (Å²) in [4.78, 5) is 2.20. The average molecular weight is 270 g/mol. The van der Waals surface area contributed by atoms with E-state index in [0.717, 1.165) is 11.4 Å². The third kappa shape index (κ3) is 2.94. The molecule has 0 bridgehead atoms. The van der Waals surface area contributed by atoms with E-state index in [2.05, 4.69) is 60.6 Å². The summed E-state index contributed by atoms with van der Waals surface area (Å²) in [6, 6.07) is 16.9. The summed E-state index contributed by atoms with van der Waals surface area (Å²) in [6.45, 7) is 2.17. The topological polar surface area (TPSA) is 24.5 Å². The van der Waals surface area contributed by atoms with Crippen LogP contribution in [0.1, 0.15) is 18.5 Å². The molecule has 3 nitrogen and oxygen atoms in total. The molecule has 3 heteroatoms. The number of hydrogen-bond donors (Lipinski definition) is 1. The van der Waals surface area contributed by atoms with Crippen LogP contribution in [-0.2, 0) is 0 Å². The second-order valence-electron chi connectivity index (χ2n) is 4.83. The Kier molecular flexibility index (Phi) is 4.64. The minimum Gasteiger partial charge on any atom is -0.497 e. The molecule has 0 radical (unpaired) electrons. The van der Waals surface area contributed by atoms with Crippen molar-refractivity contribution in [1.29, 1.82) is 0 Å². The standard InChI is InChI=1S/C17H22N2O/c1-13(18-2)16-7-5-6-8-17(16)19(3)14-9-11-15(20-4)12-10-14/h5-13,18H,1-4H3. The lowest BCUT2D eigenvalue weighted by molar-refractivity contribution is 0.415. The van der Waals surface area contributed by atoms with E-state index in [1.165, 1.54) is 11.3 Å². The molecule has 20 heavy (non-hydrogen) atoms. The van der Waals surface area contributed by atoms with Gasteiger partial charge in [0, 0.05) is 24.5 Å². The molecular weight excluding hydrogens is 248 g/mol. The monoisotopic (exact) mass is 270 g/mol. The first-order valence-corrected chi connectivity index (χ1v) is 6.81. The molecule has 0 aliphatic heterocycles. The van der Waals surface area contributed by atoms with Crippen LogP contribution < -0.4 is 15.0 Å². The van der Waals surface area contributed by atoms with Gasteiger partial charge in [-0.15, -0.1) is 0 Å². The Morgan fingerprint density at radius 3 is 2.30 bits per heavy atom. The number of hydrogen-bond acceptors (Lipinski definition) is 3. The van der Waals surface area contributed by atoms with Crippen LogP contribution in [0.4, 0.5) is 11.4 Å². The second-order valence-corrected chi connectivity index (χ2v) is 4.83. The number of para-hydroxylation sites is 1. The van der Waals surface area contributed by atoms with Crippen molar-refractivity contribution >= 4 is 11.4 Å². The molecule has 1 unspecified atom stereocenters. The molecule has 2 rings (SSSR count). The quantitative estimate of drug-likeness (QED) is 0.895. The Hall–Kier alpha value is -2.00. The second kappa shape index (κ2) is 6.44. The van der Waals surface area contributed by atoms with Gasteiger partial charge in [0.1, 0.15) is 5.75 Å². The van der Waals surface area contributed by atoms with Gasteiger partial charge in [0.25, 0.3) is 0 Å². The molecule has 0 amide bonds. The predicted molar refractivity (Wildman–Crippen MR) is 85.0 cm³/mol. The van der Waals surface area contributed by atoms with Crippen LogP contribution >= 0.6 is 0 Å². The van der Waals surface area contributed by atoms with Crippen LogP contribution in [-0.4, -0.2) is 21.2 Å². The van der Waals surface area contributed by atoms with Crippen molar-refractivity contribution in [3.05, 3.63) is 54.1 Å². The van der Waals surface area contributed by atoms with Crippen molar-refractivity contribution in [2.75, 3.05) is 26.1 Å². The van der Waals surface area contributed by atoms with E-state index in [1.807, 2.05) is 19.2 Å². The van der Waals surface area contributed by atoms with Crippen molar-refractivity contribution in [3.63, 3.8) is 0 Å². The van der Waals surface area contributed by atoms with Crippen LogP contribution in [0.3, 0.4) is 0 Å². The zero-order chi connectivity index (χ0) is 14.5. The van der Waals surface area contributed by atoms with Crippen molar-refractivity contribution in [1.82, 2.24) is 5.32 Å². The van der Waals surface area contributed by atoms with Crippen LogP contribution in [0, 0.1) is 0 Å². The van der Waals surface area contributed by atoms with Crippen LogP contribution in [0.2, 0.25) is 0 Å². The normalized spacial score (nSPS) is 12.0. The summed E-state index contributed by atoms with van der Waals surface area (Å²) in [6.07, 6.45) is 0. The molecule has 0 aromatic heterocycles. The number of nitrogens with one attached hydrogen (secondary N) is 1. The van der Waals surface area contributed by atoms with E-state index in [4.69, 9.17) is 4.74 Å². The Labute approximate surface area is 121 Å². The first-order valence-electron chi connectivity index (χ1n) is 6.81. The minimum absolute atomic E-state index is 0.312. The molecule has 0 saturated carbocycles. The number of ether oxygens (including phenoxy) is 1. The summed E-state index contributed by atoms with van der Waals surface area (Å²) in [7, 11) is 5.75. The molecule has 0 heterocycles. The molecule has 0 fully saturated rings. The largest absolute Gasteiger partial charge is 0.497 e. The number of rotatable bonds is 5. The third-order valence-electron chi connectivity index (χ3n) is 3.66. The highest BCUT2D eigenvalue weighted by Gasteiger charge is 2.12. The minimum atomic E-state index is 0.312. The maximum absolute atomic E-state index is 5.21. The molecule has 0 saturated heterocycles. The number of benzene rings is 2. The highest BCUT2D eigenvalue weighted by Crippen LogP contribution is 2.31. The van der Waals surface area contributed by atoms with Gasteiger partial charge in [-0.1, -0.05) is 18.2 Å². The molecule has 0 aliphatic rings. The summed E-state index contributed by atoms with van der Waals surface area (Å²) < 4.78 is 5.21. The fraction of sp³-hybridized carbons (Fsp3) is 0.294. The Morgan fingerprint density at radius 2 is 1.70 bits per heavy atom. The molecule has 0 aliphatic carbocycles. The molecule has 2 aromatic carbocycles. The van der Waals surface area contributed by atoms with Gasteiger partial charge >= 0.3 is 0 Å². The van der Waals surface area contributed by atoms with Gasteiger partial charge in [0.15, 0.2) is 0 Å². The molecule has 1 atom stereocenters. The van der Waals surface area contributed by atoms with E-state index in [1.54, 1.807) is 7.11 Å². The Morgan fingerprint density at radius 1 is 1.05 bits per heavy atom. The summed E-state index contributed by atoms with van der Waals surface area (Å²) in [5, 5.41) is 3.30. The third-order valence-corrected chi connectivity index (χ3v) is 3.66. The van der Waals surface area contributed by atoms with Crippen molar-refractivity contribution in [2.24, 2.45) is 0 Å². The first kappa shape index (κ1) is 14.4. The van der Waals surface area contributed by atoms with Crippen molar-refractivity contribution in [3.8, 4) is 5.75 Å². The van der Waals surface area contributed by atoms with E-state index in [9.17, 15) is 0 Å². The van der Waals surface area contributed by atoms with Gasteiger partial charge in [-0.05, 0) is 49.9 Å². The lowest BCUT2D eigenvalue weighted by atomic mass is 10.1. The van der Waals surface area contributed by atoms with Gasteiger partial charge in [-0.25, -0.2) is 0 Å². The predicted octanol–water partition coefficient (Wildman–Crippen LogP) is 3.74. The molecule has 106 valence electrons. The summed E-state index contributed by atoms with van der Waals surface area (Å²) >= 11 is 0. The SMILES string of the molecule is CNC(C)c1ccccc1N(C)c1ccc(OC)cc1. The zero-order valence-electron chi connectivity index (χ0n) is 12.6. The van der Waals surface area contributed by atoms with Crippen molar-refractivity contribution in [2.45, 2.75) is 13.0 Å². The summed E-state index contributed by atoms with van der Waals surface area (Å²) in [5.74, 6) is 0.874. The van der Waals surface area contributed by atoms with Gasteiger partial charge in [-0.3, -0.25) is 0 Å². The number of anilines is 2. The number of nitrogens with zero attached hydrogens (tertiary/aromatic N) is 1. The fourth-order valence-corrected chi connectivity index (χ4v) is 2.26. The van der Waals surface area contributed by atoms with Gasteiger partial charge in [0.05, 0.1) is 7.11 Å². The first-order chi connectivity index (χ1) is 9.67. The van der Waals surface area contributed by atoms with Crippen LogP contribution in [0.5, 0.6) is 5.75 Å². The van der Waals surface area contributed by atoms with Gasteiger partial charge in [-0.2, -0.15) is 0 Å². The molecule has 2 aromatic rings. The van der Waals surface area contributed by atoms with Crippen LogP contribution in [0.25, 0.3) is 0 Å². The van der Waals surface area contributed by atoms with E-state index in [-0.39, 0.29) is 0 Å². The Balaban J connectivity index is 2.34. The van der Waals surface area contributed by atoms with Crippen molar-refractivity contribution < 1.29 is 4.74 Å². The fourth-order valence-electron chi connectivity index (χ4n) is 2.26. The Bertz CT molecular complexity index is 551. The lowest BCUT2D eigenvalue weighted by Gasteiger charge is -2.25. The van der Waals surface area contributed by atoms with E-state index < -0.39 is 0 Å². The zero-order valence-corrected chi connectivity index (χ0v) is 12.6. The lowest BCUT2D eigenvalue weighted by Crippen LogP contribution is -2.18. The smallest absolute Gasteiger partial charge is 0.119 e. The molecule has 0 spiro atoms. The van der Waals surface area contributed by atoms with Gasteiger partial charge in [0.2, 0.25) is 0 Å². The maximum Gasteiger partial charge on any atom is 0.119 e. The van der Waals surface area contributed by atoms with Crippen LogP contribution in [0.15, 0.2) is 48.5 Å². The maximum atomic E-state index is 5.21. The van der Waals surface area contributed by atoms with E-state index >= 15 is 0 Å². The highest BCUT2D eigenvalue weighted by atomic mass is 16.5.